The number of imidazole rings is 2. The van der Waals surface area contributed by atoms with Gasteiger partial charge in [-0.25, -0.2) is 19.6 Å². The first kappa shape index (κ1) is 45.2. The van der Waals surface area contributed by atoms with Crippen molar-refractivity contribution >= 4 is 46.1 Å². The molecule has 14 heteroatoms. The Kier molecular flexibility index (Phi) is 11.0. The van der Waals surface area contributed by atoms with Gasteiger partial charge < -0.3 is 39.9 Å². The van der Waals surface area contributed by atoms with Crippen LogP contribution in [0.5, 0.6) is 0 Å². The first-order chi connectivity index (χ1) is 35.0. The summed E-state index contributed by atoms with van der Waals surface area (Å²) in [4.78, 5) is 75.3. The van der Waals surface area contributed by atoms with E-state index < -0.39 is 24.3 Å². The van der Waals surface area contributed by atoms with Crippen LogP contribution in [0.2, 0.25) is 0 Å². The third kappa shape index (κ3) is 7.31. The third-order valence-electron chi connectivity index (χ3n) is 18.8. The number of amides is 4. The number of rotatable bonds is 6. The summed E-state index contributed by atoms with van der Waals surface area (Å²) in [5.74, 6) is 3.10. The molecular weight excluding hydrogens is 905 g/mol. The topological polar surface area (TPSA) is 175 Å². The molecule has 4 aromatic carbocycles. The van der Waals surface area contributed by atoms with Crippen LogP contribution in [0.3, 0.4) is 0 Å². The maximum absolute atomic E-state index is 14.3. The highest BCUT2D eigenvalue weighted by molar-refractivity contribution is 5.90. The van der Waals surface area contributed by atoms with Crippen LogP contribution in [-0.2, 0) is 44.7 Å². The number of nitrogens with one attached hydrogen (secondary N) is 4. The molecule has 14 nitrogen and oxygen atoms in total. The smallest absolute Gasteiger partial charge is 0.407 e. The maximum atomic E-state index is 14.3. The lowest BCUT2D eigenvalue weighted by atomic mass is 9.68. The molecule has 16 rings (SSSR count). The lowest BCUT2D eigenvalue weighted by molar-refractivity contribution is -0.148. The standard InChI is InChI=1S/C58H64N8O6/c1-29-39-9-5-7-37-27-47(65(51(37)39)55(67)49(29)63-57(69)71-3)53-59-43-21-19-35(25-45(43)61-53)41-23-31-11-15-33(41)17-13-32-12-16-34(18-14-31)42(24-32)36-20-22-44-46(26-36)62-54(60-44)48-28-38-8-6-10-40-30(2)50(64-58(70)72-4)56(68)66(48)52(38)40/h11-12,15-16,19-26,29-30,37-40,47-52H,5-10,13-14,17-18,27-28H2,1-4H3,(H,59,61)(H,60,62)(H,63,69)(H,64,70)/t29?,30?,37-,38-,39?,40?,47-,48-,49+,50+,51+,52+/m0/s1. The van der Waals surface area contributed by atoms with Crippen LogP contribution in [0.4, 0.5) is 9.59 Å². The first-order valence-corrected chi connectivity index (χ1v) is 26.6. The molecule has 4 amide bonds. The lowest BCUT2D eigenvalue weighted by Crippen LogP contribution is -2.63. The number of fused-ring (bicyclic) bond motifs is 2. The van der Waals surface area contributed by atoms with E-state index in [1.54, 1.807) is 0 Å². The monoisotopic (exact) mass is 968 g/mol. The highest BCUT2D eigenvalue weighted by atomic mass is 16.5. The number of aryl methyl sites for hydroxylation is 4. The number of alkyl carbamates (subject to hydrolysis) is 2. The molecule has 4 unspecified atom stereocenters. The molecule has 0 spiro atoms. The fraction of sp³-hybridized carbons (Fsp3) is 0.483. The Labute approximate surface area is 419 Å². The second-order valence-corrected chi connectivity index (χ2v) is 22.3. The van der Waals surface area contributed by atoms with E-state index in [4.69, 9.17) is 19.4 Å². The van der Waals surface area contributed by atoms with Gasteiger partial charge in [-0.05, 0) is 168 Å². The summed E-state index contributed by atoms with van der Waals surface area (Å²) in [5, 5.41) is 5.77. The number of aromatic nitrogens is 4. The number of methoxy groups -OCH3 is 2. The van der Waals surface area contributed by atoms with Gasteiger partial charge in [-0.3, -0.25) is 9.59 Å². The highest BCUT2D eigenvalue weighted by Crippen LogP contribution is 2.55. The number of benzene rings is 4. The number of piperidine rings is 2. The molecule has 72 heavy (non-hydrogen) atoms. The molecule has 0 radical (unpaired) electrons. The minimum atomic E-state index is -0.622. The van der Waals surface area contributed by atoms with Gasteiger partial charge in [-0.2, -0.15) is 0 Å². The van der Waals surface area contributed by atoms with E-state index in [1.165, 1.54) is 47.6 Å². The molecule has 372 valence electrons. The van der Waals surface area contributed by atoms with Gasteiger partial charge in [0.25, 0.3) is 0 Å². The molecule has 6 aromatic rings. The summed E-state index contributed by atoms with van der Waals surface area (Å²) < 4.78 is 9.90. The van der Waals surface area contributed by atoms with Crippen molar-refractivity contribution in [2.45, 2.75) is 127 Å². The van der Waals surface area contributed by atoms with E-state index in [1.807, 2.05) is 0 Å². The minimum Gasteiger partial charge on any atom is -0.453 e. The fourth-order valence-corrected chi connectivity index (χ4v) is 15.3. The Hall–Kier alpha value is -6.70. The number of H-pyrrole nitrogens is 2. The van der Waals surface area contributed by atoms with Crippen molar-refractivity contribution in [3.63, 3.8) is 0 Å². The van der Waals surface area contributed by atoms with Gasteiger partial charge in [0, 0.05) is 12.1 Å². The second kappa shape index (κ2) is 17.5. The van der Waals surface area contributed by atoms with Crippen LogP contribution < -0.4 is 10.6 Å². The van der Waals surface area contributed by atoms with Crippen molar-refractivity contribution in [1.29, 1.82) is 0 Å². The van der Waals surface area contributed by atoms with E-state index in [0.29, 0.717) is 23.7 Å². The summed E-state index contributed by atoms with van der Waals surface area (Å²) in [7, 11) is 2.69. The SMILES string of the molecule is COC(=O)N[C@H]1C(=O)N2[C@H](c3nc4cc(-c5cc6ccc5CCc5ccc(c(-c7ccc8[nH]c([C@@H]9C[C@@H]%10CCCC%11C(C)[C@@H](NC(=O)OC)C(=O)N9[C@@H]%11%10)nc8c7)c5)CC6)ccc4[nH]3)C[C@@H]3CCCC(C1C)[C@@H]32. The molecule has 6 fully saturated rings. The minimum absolute atomic E-state index is 0.0325. The van der Waals surface area contributed by atoms with E-state index in [2.05, 4.69) is 117 Å². The molecule has 2 aromatic heterocycles. The van der Waals surface area contributed by atoms with Crippen molar-refractivity contribution in [2.75, 3.05) is 14.2 Å². The summed E-state index contributed by atoms with van der Waals surface area (Å²) in [6.07, 6.45) is 10.7. The molecule has 4 bridgehead atoms. The Balaban J connectivity index is 0.760. The number of aromatic amines is 2. The van der Waals surface area contributed by atoms with Crippen LogP contribution in [0.1, 0.15) is 111 Å². The largest absolute Gasteiger partial charge is 0.453 e. The maximum Gasteiger partial charge on any atom is 0.407 e. The van der Waals surface area contributed by atoms with Crippen molar-refractivity contribution in [3.05, 3.63) is 107 Å². The predicted molar refractivity (Wildman–Crippen MR) is 273 cm³/mol. The van der Waals surface area contributed by atoms with Crippen LogP contribution >= 0.6 is 0 Å². The number of hydrogen-bond donors (Lipinski definition) is 4. The van der Waals surface area contributed by atoms with Gasteiger partial charge in [0.15, 0.2) is 0 Å². The van der Waals surface area contributed by atoms with Crippen molar-refractivity contribution < 1.29 is 28.7 Å². The van der Waals surface area contributed by atoms with Gasteiger partial charge in [-0.1, -0.05) is 75.2 Å². The first-order valence-electron chi connectivity index (χ1n) is 26.6. The fourth-order valence-electron chi connectivity index (χ4n) is 15.3. The summed E-state index contributed by atoms with van der Waals surface area (Å²) in [6.45, 7) is 4.22. The van der Waals surface area contributed by atoms with Gasteiger partial charge in [0.05, 0.1) is 48.4 Å². The van der Waals surface area contributed by atoms with Gasteiger partial charge in [0.1, 0.15) is 23.7 Å². The average Bonchev–Trinajstić information content (AvgIpc) is 4.21. The number of carbonyl (C=O) groups excluding carboxylic acids is 4. The second-order valence-electron chi connectivity index (χ2n) is 22.3. The van der Waals surface area contributed by atoms with Gasteiger partial charge >= 0.3 is 12.2 Å². The zero-order chi connectivity index (χ0) is 49.1. The molecule has 12 atom stereocenters. The normalized spacial score (nSPS) is 30.5. The van der Waals surface area contributed by atoms with E-state index in [-0.39, 0.29) is 47.8 Å². The third-order valence-corrected chi connectivity index (χ3v) is 18.8. The van der Waals surface area contributed by atoms with Crippen molar-refractivity contribution in [1.82, 2.24) is 40.4 Å². The van der Waals surface area contributed by atoms with E-state index in [0.717, 1.165) is 122 Å². The van der Waals surface area contributed by atoms with E-state index in [9.17, 15) is 19.2 Å². The molecule has 6 aliphatic carbocycles. The number of nitrogens with zero attached hydrogens (tertiary/aromatic N) is 4. The summed E-state index contributed by atoms with van der Waals surface area (Å²) >= 11 is 0. The predicted octanol–water partition coefficient (Wildman–Crippen LogP) is 9.52. The Morgan fingerprint density at radius 3 is 1.46 bits per heavy atom. The van der Waals surface area contributed by atoms with Crippen LogP contribution in [0.25, 0.3) is 44.3 Å². The molecule has 4 saturated heterocycles. The van der Waals surface area contributed by atoms with Gasteiger partial charge in [-0.15, -0.1) is 0 Å². The number of carbonyl (C=O) groups is 4. The number of hydrogen-bond acceptors (Lipinski definition) is 8. The Bertz CT molecular complexity index is 2970. The molecule has 10 aliphatic rings. The van der Waals surface area contributed by atoms with E-state index >= 15 is 0 Å². The zero-order valence-electron chi connectivity index (χ0n) is 41.6. The molecule has 4 N–H and O–H groups in total. The molecule has 2 saturated carbocycles. The van der Waals surface area contributed by atoms with Gasteiger partial charge in [0.2, 0.25) is 11.8 Å². The van der Waals surface area contributed by atoms with Crippen molar-refractivity contribution in [2.24, 2.45) is 35.5 Å². The molecular formula is C58H64N8O6. The molecule has 4 aliphatic heterocycles. The average molecular weight is 969 g/mol. The zero-order valence-corrected chi connectivity index (χ0v) is 41.6. The van der Waals surface area contributed by atoms with Crippen molar-refractivity contribution in [3.8, 4) is 22.3 Å². The van der Waals surface area contributed by atoms with Crippen LogP contribution in [0.15, 0.2) is 72.8 Å². The summed E-state index contributed by atoms with van der Waals surface area (Å²) in [5.41, 5.74) is 13.6. The highest BCUT2D eigenvalue weighted by Gasteiger charge is 2.59. The lowest BCUT2D eigenvalue weighted by Gasteiger charge is -2.49. The van der Waals surface area contributed by atoms with Crippen LogP contribution in [-0.4, -0.2) is 92.1 Å². The Morgan fingerprint density at radius 2 is 1.03 bits per heavy atom. The number of ether oxygens (including phenoxy) is 2. The van der Waals surface area contributed by atoms with Crippen LogP contribution in [0, 0.1) is 35.5 Å². The quantitative estimate of drug-likeness (QED) is 0.128. The molecule has 6 heterocycles. The summed E-state index contributed by atoms with van der Waals surface area (Å²) in [6, 6.07) is 25.8. The Morgan fingerprint density at radius 1 is 0.583 bits per heavy atom.